The molecule has 12 heteroatoms. The van der Waals surface area contributed by atoms with E-state index in [9.17, 15) is 0 Å². The lowest BCUT2D eigenvalue weighted by Gasteiger charge is -2.09. The Kier molecular flexibility index (Phi) is 11.8. The molecule has 0 atom stereocenters. The van der Waals surface area contributed by atoms with Gasteiger partial charge in [0, 0.05) is 53.4 Å². The van der Waals surface area contributed by atoms with Gasteiger partial charge in [-0.25, -0.2) is 9.97 Å². The third-order valence-electron chi connectivity index (χ3n) is 3.38. The van der Waals surface area contributed by atoms with Gasteiger partial charge < -0.3 is 21.3 Å². The molecule has 0 amide bonds. The number of nitriles is 2. The number of nitrogens with zero attached hydrogens (tertiary/aromatic N) is 6. The molecule has 0 bridgehead atoms. The van der Waals surface area contributed by atoms with Crippen LogP contribution in [0.1, 0.15) is 11.4 Å². The van der Waals surface area contributed by atoms with E-state index < -0.39 is 0 Å². The van der Waals surface area contributed by atoms with E-state index in [1.54, 1.807) is 20.4 Å². The monoisotopic (exact) mass is 386 g/mol. The van der Waals surface area contributed by atoms with Crippen LogP contribution in [0, 0.1) is 22.9 Å². The highest BCUT2D eigenvalue weighted by molar-refractivity contribution is 5.81. The SMILES string of the molecule is CN=C(NC#N)NCCNCc1cc(CNCCNC(=NC)NC#N)ncn1. The summed E-state index contributed by atoms with van der Waals surface area (Å²) in [4.78, 5) is 16.3. The minimum absolute atomic E-state index is 0.440. The second-order valence-corrected chi connectivity index (χ2v) is 5.33. The number of hydrogen-bond acceptors (Lipinski definition) is 8. The van der Waals surface area contributed by atoms with Crippen LogP contribution in [0.5, 0.6) is 0 Å². The quantitative estimate of drug-likeness (QED) is 0.0864. The van der Waals surface area contributed by atoms with Crippen LogP contribution < -0.4 is 31.9 Å². The predicted molar refractivity (Wildman–Crippen MR) is 106 cm³/mol. The van der Waals surface area contributed by atoms with Crippen LogP contribution in [0.3, 0.4) is 0 Å². The van der Waals surface area contributed by atoms with Gasteiger partial charge in [0.1, 0.15) is 6.33 Å². The maximum atomic E-state index is 8.55. The van der Waals surface area contributed by atoms with Crippen LogP contribution in [0.4, 0.5) is 0 Å². The summed E-state index contributed by atoms with van der Waals surface area (Å²) in [6, 6.07) is 1.94. The van der Waals surface area contributed by atoms with Crippen LogP contribution in [-0.2, 0) is 13.1 Å². The van der Waals surface area contributed by atoms with Crippen molar-refractivity contribution in [3.63, 3.8) is 0 Å². The van der Waals surface area contributed by atoms with Gasteiger partial charge in [-0.3, -0.25) is 20.6 Å². The van der Waals surface area contributed by atoms with Crippen molar-refractivity contribution in [1.82, 2.24) is 41.9 Å². The molecule has 0 aliphatic rings. The molecule has 0 aromatic carbocycles. The molecular formula is C16H26N12. The molecule has 0 spiro atoms. The molecule has 0 saturated carbocycles. The van der Waals surface area contributed by atoms with E-state index in [0.29, 0.717) is 51.2 Å². The third-order valence-corrected chi connectivity index (χ3v) is 3.38. The minimum Gasteiger partial charge on any atom is -0.354 e. The Hall–Kier alpha value is -3.48. The van der Waals surface area contributed by atoms with Crippen LogP contribution in [0.15, 0.2) is 22.4 Å². The van der Waals surface area contributed by atoms with Gasteiger partial charge >= 0.3 is 0 Å². The van der Waals surface area contributed by atoms with E-state index in [2.05, 4.69) is 51.9 Å². The van der Waals surface area contributed by atoms with Crippen molar-refractivity contribution < 1.29 is 0 Å². The Morgan fingerprint density at radius 1 is 0.857 bits per heavy atom. The van der Waals surface area contributed by atoms with Gasteiger partial charge in [0.25, 0.3) is 0 Å². The van der Waals surface area contributed by atoms with Crippen molar-refractivity contribution in [1.29, 1.82) is 10.5 Å². The summed E-state index contributed by atoms with van der Waals surface area (Å²) in [5, 5.41) is 34.5. The number of nitrogens with one attached hydrogen (secondary N) is 6. The highest BCUT2D eigenvalue weighted by Crippen LogP contribution is 1.97. The van der Waals surface area contributed by atoms with E-state index in [1.807, 2.05) is 18.5 Å². The number of guanidine groups is 2. The average molecular weight is 386 g/mol. The van der Waals surface area contributed by atoms with Gasteiger partial charge in [0.15, 0.2) is 12.4 Å². The van der Waals surface area contributed by atoms with Crippen LogP contribution in [-0.4, -0.2) is 62.2 Å². The largest absolute Gasteiger partial charge is 0.354 e. The van der Waals surface area contributed by atoms with E-state index in [1.165, 1.54) is 0 Å². The van der Waals surface area contributed by atoms with E-state index in [0.717, 1.165) is 11.4 Å². The molecule has 1 aromatic heterocycles. The summed E-state index contributed by atoms with van der Waals surface area (Å²) < 4.78 is 0. The van der Waals surface area contributed by atoms with Crippen LogP contribution in [0.2, 0.25) is 0 Å². The highest BCUT2D eigenvalue weighted by Gasteiger charge is 2.00. The zero-order valence-electron chi connectivity index (χ0n) is 16.1. The first-order chi connectivity index (χ1) is 13.7. The molecule has 1 heterocycles. The summed E-state index contributed by atoms with van der Waals surface area (Å²) in [6.45, 7) is 3.84. The Morgan fingerprint density at radius 3 is 1.71 bits per heavy atom. The lowest BCUT2D eigenvalue weighted by molar-refractivity contribution is 0.642. The maximum Gasteiger partial charge on any atom is 0.204 e. The van der Waals surface area contributed by atoms with E-state index in [4.69, 9.17) is 10.5 Å². The smallest absolute Gasteiger partial charge is 0.204 e. The Labute approximate surface area is 164 Å². The zero-order valence-corrected chi connectivity index (χ0v) is 16.1. The number of hydrogen-bond donors (Lipinski definition) is 6. The van der Waals surface area contributed by atoms with Gasteiger partial charge in [-0.2, -0.15) is 10.5 Å². The molecular weight excluding hydrogens is 360 g/mol. The maximum absolute atomic E-state index is 8.55. The molecule has 0 radical (unpaired) electrons. The molecule has 0 saturated heterocycles. The van der Waals surface area contributed by atoms with Crippen molar-refractivity contribution in [2.45, 2.75) is 13.1 Å². The predicted octanol–water partition coefficient (Wildman–Crippen LogP) is -2.05. The Morgan fingerprint density at radius 2 is 1.32 bits per heavy atom. The second kappa shape index (κ2) is 14.7. The van der Waals surface area contributed by atoms with Crippen molar-refractivity contribution >= 4 is 11.9 Å². The summed E-state index contributed by atoms with van der Waals surface area (Å²) in [7, 11) is 3.21. The fourth-order valence-corrected chi connectivity index (χ4v) is 2.07. The summed E-state index contributed by atoms with van der Waals surface area (Å²) in [6.07, 6.45) is 5.18. The van der Waals surface area contributed by atoms with Gasteiger partial charge in [-0.1, -0.05) is 0 Å². The number of rotatable bonds is 10. The van der Waals surface area contributed by atoms with Gasteiger partial charge in [-0.05, 0) is 6.07 Å². The van der Waals surface area contributed by atoms with Gasteiger partial charge in [-0.15, -0.1) is 0 Å². The van der Waals surface area contributed by atoms with Crippen molar-refractivity contribution in [3.8, 4) is 12.4 Å². The molecule has 0 aliphatic heterocycles. The first kappa shape index (κ1) is 22.6. The topological polar surface area (TPSA) is 170 Å². The van der Waals surface area contributed by atoms with Crippen LogP contribution in [0.25, 0.3) is 0 Å². The summed E-state index contributed by atoms with van der Waals surface area (Å²) >= 11 is 0. The first-order valence-electron chi connectivity index (χ1n) is 8.66. The standard InChI is InChI=1S/C16H26N12/c1-19-15(25-10-17)23-5-3-21-8-13-7-14(28-12-27-13)9-22-4-6-24-16(20-2)26-11-18/h7,12,21-22H,3-6,8-9H2,1-2H3,(H2,19,23,25)(H2,20,24,26). The molecule has 1 rings (SSSR count). The fraction of sp³-hybridized carbons (Fsp3) is 0.500. The normalized spacial score (nSPS) is 11.3. The molecule has 150 valence electrons. The molecule has 28 heavy (non-hydrogen) atoms. The first-order valence-corrected chi connectivity index (χ1v) is 8.66. The minimum atomic E-state index is 0.440. The third kappa shape index (κ3) is 9.86. The second-order valence-electron chi connectivity index (χ2n) is 5.33. The Balaban J connectivity index is 2.23. The molecule has 0 fully saturated rings. The number of aromatic nitrogens is 2. The van der Waals surface area contributed by atoms with Crippen LogP contribution >= 0.6 is 0 Å². The Bertz CT molecular complexity index is 658. The molecule has 0 unspecified atom stereocenters. The van der Waals surface area contributed by atoms with Crippen molar-refractivity contribution in [3.05, 3.63) is 23.8 Å². The van der Waals surface area contributed by atoms with Gasteiger partial charge in [0.2, 0.25) is 11.9 Å². The fourth-order valence-electron chi connectivity index (χ4n) is 2.07. The zero-order chi connectivity index (χ0) is 20.5. The van der Waals surface area contributed by atoms with Crippen molar-refractivity contribution in [2.75, 3.05) is 40.3 Å². The highest BCUT2D eigenvalue weighted by atomic mass is 15.2. The lowest BCUT2D eigenvalue weighted by Crippen LogP contribution is -2.38. The van der Waals surface area contributed by atoms with Crippen molar-refractivity contribution in [2.24, 2.45) is 9.98 Å². The van der Waals surface area contributed by atoms with E-state index >= 15 is 0 Å². The number of aliphatic imine (C=N–C) groups is 2. The molecule has 0 aliphatic carbocycles. The summed E-state index contributed by atoms with van der Waals surface area (Å²) in [5.74, 6) is 0.879. The molecule has 12 nitrogen and oxygen atoms in total. The average Bonchev–Trinajstić information content (AvgIpc) is 2.72. The molecule has 6 N–H and O–H groups in total. The lowest BCUT2D eigenvalue weighted by atomic mass is 10.3. The molecule has 1 aromatic rings. The van der Waals surface area contributed by atoms with Gasteiger partial charge in [0.05, 0.1) is 11.4 Å². The summed E-state index contributed by atoms with van der Waals surface area (Å²) in [5.41, 5.74) is 1.78. The van der Waals surface area contributed by atoms with E-state index in [-0.39, 0.29) is 0 Å².